The Kier molecular flexibility index (Phi) is 5.88. The fourth-order valence-corrected chi connectivity index (χ4v) is 3.74. The second-order valence-corrected chi connectivity index (χ2v) is 7.69. The van der Waals surface area contributed by atoms with Crippen molar-refractivity contribution in [1.29, 1.82) is 0 Å². The number of likely N-dealkylation sites (tertiary alicyclic amines) is 1. The zero-order valence-corrected chi connectivity index (χ0v) is 14.1. The molecule has 0 spiro atoms. The van der Waals surface area contributed by atoms with Crippen molar-refractivity contribution < 1.29 is 0 Å². The molecule has 0 bridgehead atoms. The number of likely N-dealkylation sites (N-methyl/N-ethyl adjacent to an activating group) is 2. The molecule has 2 rings (SSSR count). The average Bonchev–Trinajstić information content (AvgIpc) is 3.21. The van der Waals surface area contributed by atoms with Crippen LogP contribution in [0.5, 0.6) is 0 Å². The predicted octanol–water partition coefficient (Wildman–Crippen LogP) is 2.57. The highest BCUT2D eigenvalue weighted by molar-refractivity contribution is 4.88. The van der Waals surface area contributed by atoms with Gasteiger partial charge in [0.15, 0.2) is 0 Å². The molecule has 2 aliphatic rings. The van der Waals surface area contributed by atoms with E-state index in [0.29, 0.717) is 5.41 Å². The van der Waals surface area contributed by atoms with Gasteiger partial charge in [-0.25, -0.2) is 0 Å². The second kappa shape index (κ2) is 7.24. The molecule has 1 saturated carbocycles. The maximum absolute atomic E-state index is 3.76. The largest absolute Gasteiger partial charge is 0.313 e. The molecule has 1 aliphatic carbocycles. The Balaban J connectivity index is 1.84. The maximum Gasteiger partial charge on any atom is 0.0220 e. The summed E-state index contributed by atoms with van der Waals surface area (Å²) in [5.41, 5.74) is 0.433. The zero-order chi connectivity index (χ0) is 14.6. The Morgan fingerprint density at radius 3 is 2.65 bits per heavy atom. The van der Waals surface area contributed by atoms with Crippen LogP contribution in [0.15, 0.2) is 0 Å². The Bertz CT molecular complexity index is 290. The summed E-state index contributed by atoms with van der Waals surface area (Å²) < 4.78 is 0. The molecule has 2 fully saturated rings. The van der Waals surface area contributed by atoms with Crippen molar-refractivity contribution in [3.8, 4) is 0 Å². The van der Waals surface area contributed by atoms with Gasteiger partial charge in [0, 0.05) is 31.7 Å². The monoisotopic (exact) mass is 281 g/mol. The molecule has 1 heterocycles. The third-order valence-electron chi connectivity index (χ3n) is 5.10. The van der Waals surface area contributed by atoms with Gasteiger partial charge in [-0.05, 0) is 58.2 Å². The number of piperidine rings is 1. The summed E-state index contributed by atoms with van der Waals surface area (Å²) in [5, 5.41) is 3.76. The number of nitrogens with zero attached hydrogens (tertiary/aromatic N) is 2. The third-order valence-corrected chi connectivity index (χ3v) is 5.10. The van der Waals surface area contributed by atoms with E-state index in [-0.39, 0.29) is 0 Å². The molecule has 1 saturated heterocycles. The van der Waals surface area contributed by atoms with E-state index in [1.807, 2.05) is 0 Å². The summed E-state index contributed by atoms with van der Waals surface area (Å²) in [6, 6.07) is 1.59. The van der Waals surface area contributed by atoms with E-state index in [1.54, 1.807) is 0 Å². The summed E-state index contributed by atoms with van der Waals surface area (Å²) >= 11 is 0. The van der Waals surface area contributed by atoms with Crippen molar-refractivity contribution in [2.24, 2.45) is 5.41 Å². The molecule has 20 heavy (non-hydrogen) atoms. The SMILES string of the molecule is CCCC(C)(CNC1CC1)CN(C)C1CCCN(C)C1. The van der Waals surface area contributed by atoms with Crippen molar-refractivity contribution in [2.75, 3.05) is 40.3 Å². The van der Waals surface area contributed by atoms with Gasteiger partial charge in [0.2, 0.25) is 0 Å². The smallest absolute Gasteiger partial charge is 0.0220 e. The van der Waals surface area contributed by atoms with Crippen molar-refractivity contribution in [3.05, 3.63) is 0 Å². The third kappa shape index (κ3) is 5.01. The predicted molar refractivity (Wildman–Crippen MR) is 87.2 cm³/mol. The second-order valence-electron chi connectivity index (χ2n) is 7.69. The van der Waals surface area contributed by atoms with Gasteiger partial charge in [0.25, 0.3) is 0 Å². The molecule has 118 valence electrons. The van der Waals surface area contributed by atoms with Gasteiger partial charge < -0.3 is 15.1 Å². The molecule has 0 amide bonds. The van der Waals surface area contributed by atoms with Gasteiger partial charge in [0.05, 0.1) is 0 Å². The lowest BCUT2D eigenvalue weighted by Crippen LogP contribution is -2.50. The van der Waals surface area contributed by atoms with Gasteiger partial charge >= 0.3 is 0 Å². The van der Waals surface area contributed by atoms with Crippen LogP contribution in [0.1, 0.15) is 52.4 Å². The molecule has 2 unspecified atom stereocenters. The van der Waals surface area contributed by atoms with E-state index in [1.165, 1.54) is 64.7 Å². The van der Waals surface area contributed by atoms with Crippen LogP contribution >= 0.6 is 0 Å². The van der Waals surface area contributed by atoms with Crippen LogP contribution < -0.4 is 5.32 Å². The van der Waals surface area contributed by atoms with Gasteiger partial charge in [-0.15, -0.1) is 0 Å². The molecule has 0 aromatic carbocycles. The van der Waals surface area contributed by atoms with E-state index in [4.69, 9.17) is 0 Å². The molecular weight excluding hydrogens is 246 g/mol. The normalized spacial score (nSPS) is 27.8. The number of rotatable bonds is 8. The van der Waals surface area contributed by atoms with Crippen LogP contribution in [-0.4, -0.2) is 62.2 Å². The summed E-state index contributed by atoms with van der Waals surface area (Å²) in [5.74, 6) is 0. The van der Waals surface area contributed by atoms with Gasteiger partial charge in [-0.2, -0.15) is 0 Å². The Labute approximate surface area is 126 Å². The van der Waals surface area contributed by atoms with Crippen LogP contribution in [0.2, 0.25) is 0 Å². The van der Waals surface area contributed by atoms with Crippen molar-refractivity contribution in [2.45, 2.75) is 64.5 Å². The highest BCUT2D eigenvalue weighted by Crippen LogP contribution is 2.28. The van der Waals surface area contributed by atoms with Crippen molar-refractivity contribution in [3.63, 3.8) is 0 Å². The minimum absolute atomic E-state index is 0.433. The van der Waals surface area contributed by atoms with Crippen LogP contribution in [-0.2, 0) is 0 Å². The van der Waals surface area contributed by atoms with Gasteiger partial charge in [-0.1, -0.05) is 20.3 Å². The van der Waals surface area contributed by atoms with Gasteiger partial charge in [0.1, 0.15) is 0 Å². The quantitative estimate of drug-likeness (QED) is 0.738. The number of hydrogen-bond acceptors (Lipinski definition) is 3. The molecule has 3 heteroatoms. The van der Waals surface area contributed by atoms with Crippen LogP contribution in [0.4, 0.5) is 0 Å². The Morgan fingerprint density at radius 2 is 2.05 bits per heavy atom. The molecule has 0 aromatic heterocycles. The molecule has 1 aliphatic heterocycles. The summed E-state index contributed by atoms with van der Waals surface area (Å²) in [6.45, 7) is 9.75. The summed E-state index contributed by atoms with van der Waals surface area (Å²) in [4.78, 5) is 5.13. The lowest BCUT2D eigenvalue weighted by molar-refractivity contribution is 0.0877. The Morgan fingerprint density at radius 1 is 1.30 bits per heavy atom. The Hall–Kier alpha value is -0.120. The van der Waals surface area contributed by atoms with Crippen LogP contribution in [0.3, 0.4) is 0 Å². The first-order valence-corrected chi connectivity index (χ1v) is 8.64. The minimum Gasteiger partial charge on any atom is -0.313 e. The molecule has 0 aromatic rings. The first-order valence-electron chi connectivity index (χ1n) is 8.64. The first-order chi connectivity index (χ1) is 9.52. The van der Waals surface area contributed by atoms with Crippen molar-refractivity contribution >= 4 is 0 Å². The highest BCUT2D eigenvalue weighted by atomic mass is 15.2. The molecule has 1 N–H and O–H groups in total. The van der Waals surface area contributed by atoms with E-state index in [0.717, 1.165) is 12.1 Å². The first kappa shape index (κ1) is 16.3. The van der Waals surface area contributed by atoms with Crippen LogP contribution in [0.25, 0.3) is 0 Å². The molecule has 3 nitrogen and oxygen atoms in total. The van der Waals surface area contributed by atoms with E-state index in [9.17, 15) is 0 Å². The lowest BCUT2D eigenvalue weighted by atomic mass is 9.84. The summed E-state index contributed by atoms with van der Waals surface area (Å²) in [6.07, 6.45) is 8.15. The zero-order valence-electron chi connectivity index (χ0n) is 14.1. The molecule has 0 radical (unpaired) electrons. The van der Waals surface area contributed by atoms with Crippen LogP contribution in [0, 0.1) is 5.41 Å². The van der Waals surface area contributed by atoms with E-state index < -0.39 is 0 Å². The molecule has 2 atom stereocenters. The number of hydrogen-bond donors (Lipinski definition) is 1. The van der Waals surface area contributed by atoms with E-state index >= 15 is 0 Å². The topological polar surface area (TPSA) is 18.5 Å². The summed E-state index contributed by atoms with van der Waals surface area (Å²) in [7, 11) is 4.61. The molecular formula is C17H35N3. The number of nitrogens with one attached hydrogen (secondary N) is 1. The van der Waals surface area contributed by atoms with Crippen molar-refractivity contribution in [1.82, 2.24) is 15.1 Å². The highest BCUT2D eigenvalue weighted by Gasteiger charge is 2.31. The average molecular weight is 281 g/mol. The maximum atomic E-state index is 3.76. The van der Waals surface area contributed by atoms with E-state index in [2.05, 4.69) is 43.1 Å². The fraction of sp³-hybridized carbons (Fsp3) is 1.00. The standard InChI is InChI=1S/C17H35N3/c1-5-10-17(2,13-18-15-8-9-15)14-20(4)16-7-6-11-19(3)12-16/h15-16,18H,5-14H2,1-4H3. The lowest BCUT2D eigenvalue weighted by Gasteiger charge is -2.41. The minimum atomic E-state index is 0.433. The van der Waals surface area contributed by atoms with Gasteiger partial charge in [-0.3, -0.25) is 0 Å². The fourth-order valence-electron chi connectivity index (χ4n) is 3.74.